The van der Waals surface area contributed by atoms with Gasteiger partial charge in [-0.2, -0.15) is 0 Å². The fraction of sp³-hybridized carbons (Fsp3) is 0.776. The molecule has 12 atom stereocenters. The first-order valence-corrected chi connectivity index (χ1v) is 24.0. The normalized spacial score (nSPS) is 28.0. The summed E-state index contributed by atoms with van der Waals surface area (Å²) in [7, 11) is 0. The van der Waals surface area contributed by atoms with Gasteiger partial charge in [-0.1, -0.05) is 164 Å². The molecule has 0 aromatic carbocycles. The summed E-state index contributed by atoms with van der Waals surface area (Å²) in [5.41, 5.74) is 0. The van der Waals surface area contributed by atoms with E-state index in [0.717, 1.165) is 51.4 Å². The molecule has 63 heavy (non-hydrogen) atoms. The molecule has 2 heterocycles. The number of rotatable bonds is 35. The van der Waals surface area contributed by atoms with E-state index in [9.17, 15) is 45.6 Å². The monoisotopic (exact) mass is 896 g/mol. The molecule has 0 aromatic heterocycles. The lowest BCUT2D eigenvalue weighted by atomic mass is 9.97. The van der Waals surface area contributed by atoms with Gasteiger partial charge in [0.25, 0.3) is 0 Å². The van der Waals surface area contributed by atoms with E-state index < -0.39 is 86.8 Å². The van der Waals surface area contributed by atoms with Crippen LogP contribution in [0.2, 0.25) is 0 Å². The smallest absolute Gasteiger partial charge is 0.224 e. The zero-order valence-electron chi connectivity index (χ0n) is 38.3. The second-order valence-electron chi connectivity index (χ2n) is 16.9. The van der Waals surface area contributed by atoms with Crippen molar-refractivity contribution in [1.29, 1.82) is 0 Å². The molecule has 0 aliphatic carbocycles. The molecule has 2 saturated heterocycles. The lowest BCUT2D eigenvalue weighted by molar-refractivity contribution is -0.359. The number of aliphatic hydroxyl groups is 8. The minimum absolute atomic E-state index is 0.0699. The molecule has 1 amide bonds. The number of hydrogen-bond acceptors (Lipinski definition) is 13. The highest BCUT2D eigenvalue weighted by Crippen LogP contribution is 2.30. The standard InChI is InChI=1S/C49H85NO13/c1-3-5-7-9-11-13-15-17-19-21-23-25-27-29-31-33-41(54)50-37(38(53)32-30-28-26-24-22-20-18-16-14-12-10-8-6-4-2)36-60-48-46(59)44(57)47(40(35-52)62-48)63-49-45(58)43(56)42(55)39(34-51)61-49/h5,7,11,13,17,19,23,25,29,31,37-40,42-49,51-53,55-59H,3-4,6,8-10,12,14-16,18,20-22,24,26-28,30,32-36H2,1-2H3,(H,50,54)/b7-5-,13-11-,19-17-,25-23-,31-29-. The molecule has 0 radical (unpaired) electrons. The van der Waals surface area contributed by atoms with Crippen LogP contribution in [0.1, 0.15) is 149 Å². The van der Waals surface area contributed by atoms with Gasteiger partial charge in [0.1, 0.15) is 48.8 Å². The van der Waals surface area contributed by atoms with E-state index in [4.69, 9.17) is 18.9 Å². The van der Waals surface area contributed by atoms with Gasteiger partial charge in [0, 0.05) is 6.42 Å². The minimum atomic E-state index is -1.79. The predicted octanol–water partition coefficient (Wildman–Crippen LogP) is 5.49. The molecule has 364 valence electrons. The van der Waals surface area contributed by atoms with Crippen molar-refractivity contribution < 1.29 is 64.6 Å². The summed E-state index contributed by atoms with van der Waals surface area (Å²) in [5.74, 6) is -0.337. The van der Waals surface area contributed by atoms with Crippen LogP contribution in [0.15, 0.2) is 60.8 Å². The van der Waals surface area contributed by atoms with Crippen molar-refractivity contribution in [3.05, 3.63) is 60.8 Å². The van der Waals surface area contributed by atoms with Gasteiger partial charge in [-0.3, -0.25) is 4.79 Å². The Labute approximate surface area is 377 Å². The fourth-order valence-electron chi connectivity index (χ4n) is 7.60. The lowest BCUT2D eigenvalue weighted by Gasteiger charge is -2.46. The van der Waals surface area contributed by atoms with Gasteiger partial charge in [-0.05, 0) is 38.5 Å². The second-order valence-corrected chi connectivity index (χ2v) is 16.9. The van der Waals surface area contributed by atoms with Crippen LogP contribution >= 0.6 is 0 Å². The summed E-state index contributed by atoms with van der Waals surface area (Å²) >= 11 is 0. The van der Waals surface area contributed by atoms with Crippen molar-refractivity contribution in [3.63, 3.8) is 0 Å². The summed E-state index contributed by atoms with van der Waals surface area (Å²) < 4.78 is 22.7. The Bertz CT molecular complexity index is 1290. The quantitative estimate of drug-likeness (QED) is 0.0284. The summed E-state index contributed by atoms with van der Waals surface area (Å²) in [6.07, 6.45) is 25.4. The Morgan fingerprint density at radius 1 is 0.571 bits per heavy atom. The number of carbonyl (C=O) groups is 1. The van der Waals surface area contributed by atoms with Crippen LogP contribution in [-0.2, 0) is 23.7 Å². The van der Waals surface area contributed by atoms with Crippen LogP contribution in [0.3, 0.4) is 0 Å². The number of unbranched alkanes of at least 4 members (excludes halogenated alkanes) is 13. The first-order valence-electron chi connectivity index (χ1n) is 24.0. The number of ether oxygens (including phenoxy) is 4. The Morgan fingerprint density at radius 2 is 1.03 bits per heavy atom. The topological polar surface area (TPSA) is 228 Å². The number of amides is 1. The first kappa shape index (κ1) is 56.8. The van der Waals surface area contributed by atoms with Gasteiger partial charge < -0.3 is 65.1 Å². The Kier molecular flexibility index (Phi) is 32.4. The van der Waals surface area contributed by atoms with Crippen molar-refractivity contribution in [2.24, 2.45) is 0 Å². The number of hydrogen-bond donors (Lipinski definition) is 9. The van der Waals surface area contributed by atoms with Crippen LogP contribution in [0.25, 0.3) is 0 Å². The zero-order valence-corrected chi connectivity index (χ0v) is 38.3. The van der Waals surface area contributed by atoms with Crippen molar-refractivity contribution in [1.82, 2.24) is 5.32 Å². The Morgan fingerprint density at radius 3 is 1.54 bits per heavy atom. The molecule has 0 bridgehead atoms. The molecule has 12 unspecified atom stereocenters. The third kappa shape index (κ3) is 23.6. The van der Waals surface area contributed by atoms with E-state index >= 15 is 0 Å². The molecule has 14 nitrogen and oxygen atoms in total. The van der Waals surface area contributed by atoms with Gasteiger partial charge in [-0.25, -0.2) is 0 Å². The summed E-state index contributed by atoms with van der Waals surface area (Å²) in [5, 5.41) is 86.6. The van der Waals surface area contributed by atoms with E-state index in [0.29, 0.717) is 12.8 Å². The van der Waals surface area contributed by atoms with Crippen molar-refractivity contribution in [2.75, 3.05) is 19.8 Å². The van der Waals surface area contributed by atoms with Gasteiger partial charge >= 0.3 is 0 Å². The number of allylic oxidation sites excluding steroid dienone is 9. The molecule has 9 N–H and O–H groups in total. The van der Waals surface area contributed by atoms with E-state index in [-0.39, 0.29) is 18.9 Å². The summed E-state index contributed by atoms with van der Waals surface area (Å²) in [4.78, 5) is 13.1. The van der Waals surface area contributed by atoms with Crippen molar-refractivity contribution in [2.45, 2.75) is 222 Å². The zero-order chi connectivity index (χ0) is 46.1. The highest BCUT2D eigenvalue weighted by atomic mass is 16.7. The van der Waals surface area contributed by atoms with Gasteiger partial charge in [-0.15, -0.1) is 0 Å². The highest BCUT2D eigenvalue weighted by Gasteiger charge is 2.51. The minimum Gasteiger partial charge on any atom is -0.394 e. The van der Waals surface area contributed by atoms with Crippen LogP contribution in [0, 0.1) is 0 Å². The molecular formula is C49H85NO13. The maximum atomic E-state index is 13.1. The number of aliphatic hydroxyl groups excluding tert-OH is 8. The third-order valence-electron chi connectivity index (χ3n) is 11.5. The maximum absolute atomic E-state index is 13.1. The van der Waals surface area contributed by atoms with Gasteiger partial charge in [0.15, 0.2) is 12.6 Å². The van der Waals surface area contributed by atoms with Gasteiger partial charge in [0.2, 0.25) is 5.91 Å². The third-order valence-corrected chi connectivity index (χ3v) is 11.5. The molecule has 2 rings (SSSR count). The molecule has 0 spiro atoms. The van der Waals surface area contributed by atoms with E-state index in [1.807, 2.05) is 12.2 Å². The molecule has 2 aliphatic rings. The molecule has 0 saturated carbocycles. The highest BCUT2D eigenvalue weighted by molar-refractivity contribution is 5.77. The van der Waals surface area contributed by atoms with Crippen LogP contribution in [0.4, 0.5) is 0 Å². The number of carbonyl (C=O) groups excluding carboxylic acids is 1. The first-order chi connectivity index (χ1) is 30.6. The molecular weight excluding hydrogens is 811 g/mol. The Balaban J connectivity index is 1.91. The van der Waals surface area contributed by atoms with Crippen molar-refractivity contribution in [3.8, 4) is 0 Å². The van der Waals surface area contributed by atoms with E-state index in [1.165, 1.54) is 64.2 Å². The SMILES string of the molecule is CC/C=C\C/C=C\C/C=C\C/C=C\C/C=C\CC(=O)NC(COC1OC(CO)C(OC2OC(CO)C(O)C(O)C2O)C(O)C1O)C(O)CCCCCCCCCCCCCCCC. The average Bonchev–Trinajstić information content (AvgIpc) is 3.28. The van der Waals surface area contributed by atoms with Crippen molar-refractivity contribution >= 4 is 5.91 Å². The maximum Gasteiger partial charge on any atom is 0.224 e. The summed E-state index contributed by atoms with van der Waals surface area (Å²) in [6.45, 7) is 2.64. The second kappa shape index (κ2) is 35.9. The fourth-order valence-corrected chi connectivity index (χ4v) is 7.60. The van der Waals surface area contributed by atoms with Crippen LogP contribution in [-0.4, -0.2) is 140 Å². The summed E-state index contributed by atoms with van der Waals surface area (Å²) in [6, 6.07) is -0.884. The molecule has 14 heteroatoms. The average molecular weight is 896 g/mol. The Hall–Kier alpha value is -2.31. The largest absolute Gasteiger partial charge is 0.394 e. The molecule has 2 aliphatic heterocycles. The molecule has 0 aromatic rings. The van der Waals surface area contributed by atoms with E-state index in [1.54, 1.807) is 6.08 Å². The van der Waals surface area contributed by atoms with Crippen LogP contribution < -0.4 is 5.32 Å². The predicted molar refractivity (Wildman–Crippen MR) is 244 cm³/mol. The van der Waals surface area contributed by atoms with Gasteiger partial charge in [0.05, 0.1) is 32.0 Å². The van der Waals surface area contributed by atoms with Crippen LogP contribution in [0.5, 0.6) is 0 Å². The lowest BCUT2D eigenvalue weighted by Crippen LogP contribution is -2.65. The number of nitrogens with one attached hydrogen (secondary N) is 1. The molecule has 2 fully saturated rings. The van der Waals surface area contributed by atoms with E-state index in [2.05, 4.69) is 61.7 Å².